The molecule has 0 unspecified atom stereocenters. The van der Waals surface area contributed by atoms with Gasteiger partial charge in [-0.1, -0.05) is 80.8 Å². The molecule has 3 N–H and O–H groups in total. The van der Waals surface area contributed by atoms with Crippen molar-refractivity contribution in [2.24, 2.45) is 0 Å². The van der Waals surface area contributed by atoms with E-state index in [9.17, 15) is 4.79 Å². The quantitative estimate of drug-likeness (QED) is 0.359. The van der Waals surface area contributed by atoms with E-state index in [0.29, 0.717) is 13.0 Å². The molecule has 0 atom stereocenters. The monoisotopic (exact) mass is 388 g/mol. The van der Waals surface area contributed by atoms with E-state index in [2.05, 4.69) is 36.5 Å². The Morgan fingerprint density at radius 3 is 2.52 bits per heavy atom. The molecule has 0 fully saturated rings. The van der Waals surface area contributed by atoms with Gasteiger partial charge in [-0.3, -0.25) is 4.79 Å². The van der Waals surface area contributed by atoms with Crippen molar-refractivity contribution in [1.29, 1.82) is 0 Å². The SMILES string of the molecule is CCCCCCc1c(N)ccc2cccc(CCNC(=O)Cc3ccccc3)c12. The van der Waals surface area contributed by atoms with Crippen LogP contribution in [0, 0.1) is 0 Å². The van der Waals surface area contributed by atoms with Crippen molar-refractivity contribution in [3.8, 4) is 0 Å². The Bertz CT molecular complexity index is 934. The summed E-state index contributed by atoms with van der Waals surface area (Å²) in [7, 11) is 0. The zero-order valence-electron chi connectivity index (χ0n) is 17.4. The van der Waals surface area contributed by atoms with Gasteiger partial charge in [-0.05, 0) is 52.8 Å². The zero-order chi connectivity index (χ0) is 20.5. The van der Waals surface area contributed by atoms with Crippen LogP contribution < -0.4 is 11.1 Å². The predicted molar refractivity (Wildman–Crippen MR) is 123 cm³/mol. The molecule has 0 aromatic heterocycles. The van der Waals surface area contributed by atoms with Crippen LogP contribution in [-0.4, -0.2) is 12.5 Å². The summed E-state index contributed by atoms with van der Waals surface area (Å²) in [6.07, 6.45) is 7.16. The molecular formula is C26H32N2O. The van der Waals surface area contributed by atoms with Gasteiger partial charge in [0, 0.05) is 12.2 Å². The lowest BCUT2D eigenvalue weighted by molar-refractivity contribution is -0.120. The van der Waals surface area contributed by atoms with Crippen LogP contribution in [0.2, 0.25) is 0 Å². The minimum Gasteiger partial charge on any atom is -0.398 e. The lowest BCUT2D eigenvalue weighted by Crippen LogP contribution is -2.27. The normalized spacial score (nSPS) is 10.9. The van der Waals surface area contributed by atoms with Crippen LogP contribution in [0.25, 0.3) is 10.8 Å². The van der Waals surface area contributed by atoms with Crippen molar-refractivity contribution in [3.63, 3.8) is 0 Å². The summed E-state index contributed by atoms with van der Waals surface area (Å²) in [5, 5.41) is 5.58. The molecule has 0 saturated heterocycles. The van der Waals surface area contributed by atoms with Crippen LogP contribution in [0.1, 0.15) is 49.3 Å². The van der Waals surface area contributed by atoms with E-state index in [1.54, 1.807) is 0 Å². The lowest BCUT2D eigenvalue weighted by atomic mass is 9.93. The van der Waals surface area contributed by atoms with Crippen LogP contribution in [0.3, 0.4) is 0 Å². The van der Waals surface area contributed by atoms with Gasteiger partial charge < -0.3 is 11.1 Å². The number of fused-ring (bicyclic) bond motifs is 1. The largest absolute Gasteiger partial charge is 0.398 e. The number of benzene rings is 3. The molecule has 3 heteroatoms. The molecule has 0 bridgehead atoms. The molecule has 3 nitrogen and oxygen atoms in total. The maximum absolute atomic E-state index is 12.3. The number of hydrogen-bond acceptors (Lipinski definition) is 2. The van der Waals surface area contributed by atoms with Crippen LogP contribution in [0.4, 0.5) is 5.69 Å². The molecule has 152 valence electrons. The van der Waals surface area contributed by atoms with Gasteiger partial charge in [-0.25, -0.2) is 0 Å². The van der Waals surface area contributed by atoms with E-state index in [-0.39, 0.29) is 5.91 Å². The van der Waals surface area contributed by atoms with E-state index in [0.717, 1.165) is 24.1 Å². The number of nitrogens with one attached hydrogen (secondary N) is 1. The molecule has 0 radical (unpaired) electrons. The zero-order valence-corrected chi connectivity index (χ0v) is 17.4. The standard InChI is InChI=1S/C26H32N2O/c1-2-3-4-8-14-23-24(27)16-15-21-12-9-13-22(26(21)23)17-18-28-25(29)19-20-10-6-5-7-11-20/h5-7,9-13,15-16H,2-4,8,14,17-19,27H2,1H3,(H,28,29). The van der Waals surface area contributed by atoms with E-state index < -0.39 is 0 Å². The van der Waals surface area contributed by atoms with Gasteiger partial charge in [-0.15, -0.1) is 0 Å². The van der Waals surface area contributed by atoms with Gasteiger partial charge in [0.05, 0.1) is 6.42 Å². The fraction of sp³-hybridized carbons (Fsp3) is 0.346. The third-order valence-corrected chi connectivity index (χ3v) is 5.48. The Kier molecular flexibility index (Phi) is 7.69. The molecule has 3 aromatic rings. The molecule has 1 amide bonds. The highest BCUT2D eigenvalue weighted by atomic mass is 16.1. The van der Waals surface area contributed by atoms with Gasteiger partial charge in [0.25, 0.3) is 0 Å². The molecule has 0 saturated carbocycles. The number of unbranched alkanes of at least 4 members (excludes halogenated alkanes) is 3. The van der Waals surface area contributed by atoms with Crippen LogP contribution in [0.5, 0.6) is 0 Å². The van der Waals surface area contributed by atoms with Crippen molar-refractivity contribution < 1.29 is 4.79 Å². The van der Waals surface area contributed by atoms with Gasteiger partial charge >= 0.3 is 0 Å². The fourth-order valence-electron chi connectivity index (χ4n) is 3.94. The van der Waals surface area contributed by atoms with Gasteiger partial charge in [0.1, 0.15) is 0 Å². The van der Waals surface area contributed by atoms with Crippen molar-refractivity contribution in [3.05, 3.63) is 77.4 Å². The number of rotatable bonds is 10. The maximum atomic E-state index is 12.3. The highest BCUT2D eigenvalue weighted by Crippen LogP contribution is 2.29. The number of nitrogens with two attached hydrogens (primary N) is 1. The summed E-state index contributed by atoms with van der Waals surface area (Å²) in [5.74, 6) is 0.0655. The highest BCUT2D eigenvalue weighted by Gasteiger charge is 2.10. The average Bonchev–Trinajstić information content (AvgIpc) is 2.73. The number of carbonyl (C=O) groups excluding carboxylic acids is 1. The second-order valence-corrected chi connectivity index (χ2v) is 7.72. The van der Waals surface area contributed by atoms with Gasteiger partial charge in [0.2, 0.25) is 5.91 Å². The molecular weight excluding hydrogens is 356 g/mol. The topological polar surface area (TPSA) is 55.1 Å². The molecule has 0 aliphatic heterocycles. The molecule has 3 aromatic carbocycles. The molecule has 3 rings (SSSR count). The van der Waals surface area contributed by atoms with E-state index in [4.69, 9.17) is 5.73 Å². The average molecular weight is 389 g/mol. The van der Waals surface area contributed by atoms with Crippen molar-refractivity contribution in [2.75, 3.05) is 12.3 Å². The third-order valence-electron chi connectivity index (χ3n) is 5.48. The summed E-state index contributed by atoms with van der Waals surface area (Å²) in [6, 6.07) is 20.4. The summed E-state index contributed by atoms with van der Waals surface area (Å²) >= 11 is 0. The summed E-state index contributed by atoms with van der Waals surface area (Å²) < 4.78 is 0. The van der Waals surface area contributed by atoms with Crippen LogP contribution >= 0.6 is 0 Å². The Hall–Kier alpha value is -2.81. The molecule has 0 aliphatic rings. The predicted octanol–water partition coefficient (Wildman–Crippen LogP) is 5.45. The second-order valence-electron chi connectivity index (χ2n) is 7.72. The first-order valence-corrected chi connectivity index (χ1v) is 10.8. The third kappa shape index (κ3) is 5.83. The van der Waals surface area contributed by atoms with Gasteiger partial charge in [-0.2, -0.15) is 0 Å². The van der Waals surface area contributed by atoms with E-state index >= 15 is 0 Å². The van der Waals surface area contributed by atoms with Crippen molar-refractivity contribution in [1.82, 2.24) is 5.32 Å². The smallest absolute Gasteiger partial charge is 0.224 e. The number of amides is 1. The van der Waals surface area contributed by atoms with E-state index in [1.165, 1.54) is 47.6 Å². The van der Waals surface area contributed by atoms with Gasteiger partial charge in [0.15, 0.2) is 0 Å². The number of hydrogen-bond donors (Lipinski definition) is 2. The fourth-order valence-corrected chi connectivity index (χ4v) is 3.94. The number of anilines is 1. The van der Waals surface area contributed by atoms with Crippen LogP contribution in [0.15, 0.2) is 60.7 Å². The maximum Gasteiger partial charge on any atom is 0.224 e. The first kappa shape index (κ1) is 20.9. The first-order valence-electron chi connectivity index (χ1n) is 10.8. The van der Waals surface area contributed by atoms with Crippen molar-refractivity contribution in [2.45, 2.75) is 51.9 Å². The second kappa shape index (κ2) is 10.7. The molecule has 0 spiro atoms. The number of carbonyl (C=O) groups is 1. The first-order chi connectivity index (χ1) is 14.2. The van der Waals surface area contributed by atoms with Crippen molar-refractivity contribution >= 4 is 22.4 Å². The van der Waals surface area contributed by atoms with Crippen LogP contribution in [-0.2, 0) is 24.1 Å². The molecule has 29 heavy (non-hydrogen) atoms. The summed E-state index contributed by atoms with van der Waals surface area (Å²) in [4.78, 5) is 12.3. The minimum atomic E-state index is 0.0655. The highest BCUT2D eigenvalue weighted by molar-refractivity contribution is 5.92. The van der Waals surface area contributed by atoms with E-state index in [1.807, 2.05) is 36.4 Å². The Morgan fingerprint density at radius 1 is 0.897 bits per heavy atom. The summed E-state index contributed by atoms with van der Waals surface area (Å²) in [5.41, 5.74) is 10.8. The Labute approximate surface area is 174 Å². The molecule has 0 heterocycles. The number of nitrogen functional groups attached to an aromatic ring is 1. The minimum absolute atomic E-state index is 0.0655. The Morgan fingerprint density at radius 2 is 1.72 bits per heavy atom. The lowest BCUT2D eigenvalue weighted by Gasteiger charge is -2.15. The Balaban J connectivity index is 1.68. The number of aryl methyl sites for hydroxylation is 1. The summed E-state index contributed by atoms with van der Waals surface area (Å²) in [6.45, 7) is 2.87. The molecule has 0 aliphatic carbocycles.